The number of carbonyl (C=O) groups is 1. The second-order valence-corrected chi connectivity index (χ2v) is 11.1. The molecule has 1 heterocycles. The molecule has 0 aliphatic heterocycles. The van der Waals surface area contributed by atoms with Crippen molar-refractivity contribution in [2.24, 2.45) is 0 Å². The second kappa shape index (κ2) is 11.7. The van der Waals surface area contributed by atoms with Crippen LogP contribution in [0.15, 0.2) is 76.7 Å². The van der Waals surface area contributed by atoms with Crippen LogP contribution in [0.1, 0.15) is 59.6 Å². The Morgan fingerprint density at radius 3 is 2.59 bits per heavy atom. The third kappa shape index (κ3) is 6.03. The van der Waals surface area contributed by atoms with E-state index in [-0.39, 0.29) is 17.5 Å². The Morgan fingerprint density at radius 1 is 1.00 bits per heavy atom. The van der Waals surface area contributed by atoms with Crippen molar-refractivity contribution in [1.29, 1.82) is 0 Å². The van der Waals surface area contributed by atoms with E-state index in [1.54, 1.807) is 24.3 Å². The van der Waals surface area contributed by atoms with Crippen LogP contribution in [0.4, 0.5) is 0 Å². The predicted molar refractivity (Wildman–Crippen MR) is 152 cm³/mol. The number of carbonyl (C=O) groups excluding carboxylic acids is 1. The van der Waals surface area contributed by atoms with Crippen molar-refractivity contribution in [3.05, 3.63) is 104 Å². The van der Waals surface area contributed by atoms with E-state index < -0.39 is 0 Å². The van der Waals surface area contributed by atoms with E-state index >= 15 is 0 Å². The van der Waals surface area contributed by atoms with E-state index in [0.717, 1.165) is 36.8 Å². The average Bonchev–Trinajstić information content (AvgIpc) is 2.91. The maximum atomic E-state index is 13.7. The minimum Gasteiger partial charge on any atom is -0.348 e. The van der Waals surface area contributed by atoms with Crippen molar-refractivity contribution in [3.63, 3.8) is 0 Å². The number of rotatable bonds is 7. The van der Waals surface area contributed by atoms with E-state index in [1.807, 2.05) is 47.0 Å². The van der Waals surface area contributed by atoms with Crippen molar-refractivity contribution < 1.29 is 4.79 Å². The molecule has 0 saturated heterocycles. The predicted octanol–water partition coefficient (Wildman–Crippen LogP) is 7.43. The zero-order chi connectivity index (χ0) is 25.8. The molecular weight excluding hydrogens is 525 g/mol. The number of hydrogen-bond acceptors (Lipinski definition) is 4. The average molecular weight is 553 g/mol. The minimum atomic E-state index is -0.242. The van der Waals surface area contributed by atoms with Crippen molar-refractivity contribution in [3.8, 4) is 0 Å². The minimum absolute atomic E-state index is 0.0477. The van der Waals surface area contributed by atoms with Crippen LogP contribution >= 0.6 is 35.0 Å². The fourth-order valence-electron chi connectivity index (χ4n) is 4.78. The van der Waals surface area contributed by atoms with Crippen LogP contribution in [-0.2, 0) is 12.3 Å². The molecule has 1 aliphatic carbocycles. The van der Waals surface area contributed by atoms with Gasteiger partial charge in [0, 0.05) is 33.9 Å². The fourth-order valence-corrected chi connectivity index (χ4v) is 6.20. The monoisotopic (exact) mass is 551 g/mol. The number of nitrogens with zero attached hydrogens (tertiary/aromatic N) is 2. The van der Waals surface area contributed by atoms with Crippen LogP contribution in [0.2, 0.25) is 10.0 Å². The lowest BCUT2D eigenvalue weighted by Crippen LogP contribution is -2.29. The molecule has 1 amide bonds. The highest BCUT2D eigenvalue weighted by Gasteiger charge is 2.22. The van der Waals surface area contributed by atoms with Gasteiger partial charge in [-0.1, -0.05) is 84.6 Å². The van der Waals surface area contributed by atoms with Gasteiger partial charge in [0.05, 0.1) is 10.9 Å². The molecule has 5 nitrogen and oxygen atoms in total. The SMILES string of the molecule is O=C(NCc1ccccc1Cl)c1ccc2c(=O)n(C3CCCCC3)c(SCc3cccc(Cl)c3)nc2c1. The molecule has 1 fully saturated rings. The Morgan fingerprint density at radius 2 is 1.81 bits per heavy atom. The molecule has 1 aromatic heterocycles. The number of benzene rings is 3. The molecule has 0 radical (unpaired) electrons. The summed E-state index contributed by atoms with van der Waals surface area (Å²) >= 11 is 13.9. The van der Waals surface area contributed by atoms with Gasteiger partial charge in [0.2, 0.25) is 0 Å². The lowest BCUT2D eigenvalue weighted by atomic mass is 9.95. The first kappa shape index (κ1) is 25.8. The quantitative estimate of drug-likeness (QED) is 0.191. The lowest BCUT2D eigenvalue weighted by molar-refractivity contribution is 0.0951. The number of amides is 1. The normalized spacial score (nSPS) is 14.1. The summed E-state index contributed by atoms with van der Waals surface area (Å²) in [6, 6.07) is 20.4. The van der Waals surface area contributed by atoms with Crippen molar-refractivity contribution in [2.75, 3.05) is 0 Å². The molecule has 0 atom stereocenters. The molecule has 0 spiro atoms. The van der Waals surface area contributed by atoms with Crippen molar-refractivity contribution in [2.45, 2.75) is 55.6 Å². The molecule has 1 N–H and O–H groups in total. The first-order valence-corrected chi connectivity index (χ1v) is 14.2. The Labute approximate surface area is 230 Å². The topological polar surface area (TPSA) is 64.0 Å². The third-order valence-corrected chi connectivity index (χ3v) is 8.35. The highest BCUT2D eigenvalue weighted by Crippen LogP contribution is 2.32. The molecule has 1 saturated carbocycles. The molecule has 1 aliphatic rings. The molecule has 0 unspecified atom stereocenters. The van der Waals surface area contributed by atoms with Crippen LogP contribution in [0.25, 0.3) is 10.9 Å². The van der Waals surface area contributed by atoms with Gasteiger partial charge in [-0.25, -0.2) is 4.98 Å². The first-order chi connectivity index (χ1) is 18.0. The van der Waals surface area contributed by atoms with E-state index in [9.17, 15) is 9.59 Å². The summed E-state index contributed by atoms with van der Waals surface area (Å²) in [4.78, 5) is 31.5. The smallest absolute Gasteiger partial charge is 0.262 e. The Bertz CT molecular complexity index is 1500. The lowest BCUT2D eigenvalue weighted by Gasteiger charge is -2.26. The zero-order valence-corrected chi connectivity index (χ0v) is 22.6. The van der Waals surface area contributed by atoms with Crippen LogP contribution in [0, 0.1) is 0 Å². The third-order valence-electron chi connectivity index (χ3n) is 6.73. The summed E-state index contributed by atoms with van der Waals surface area (Å²) in [7, 11) is 0. The maximum absolute atomic E-state index is 13.7. The number of halogens is 2. The van der Waals surface area contributed by atoms with E-state index in [1.165, 1.54) is 18.2 Å². The molecule has 5 rings (SSSR count). The van der Waals surface area contributed by atoms with E-state index in [4.69, 9.17) is 28.2 Å². The standard InChI is InChI=1S/C29H27Cl2N3O2S/c30-22-9-6-7-19(15-22)18-37-29-33-26-16-20(27(35)32-17-21-8-4-5-12-25(21)31)13-14-24(26)28(36)34(29)23-10-2-1-3-11-23/h4-9,12-16,23H,1-3,10-11,17-18H2,(H,32,35). The van der Waals surface area contributed by atoms with Gasteiger partial charge in [-0.15, -0.1) is 0 Å². The van der Waals surface area contributed by atoms with Crippen LogP contribution in [0.3, 0.4) is 0 Å². The van der Waals surface area contributed by atoms with Gasteiger partial charge >= 0.3 is 0 Å². The van der Waals surface area contributed by atoms with Crippen molar-refractivity contribution in [1.82, 2.24) is 14.9 Å². The first-order valence-electron chi connectivity index (χ1n) is 12.4. The van der Waals surface area contributed by atoms with Crippen LogP contribution < -0.4 is 10.9 Å². The van der Waals surface area contributed by atoms with Crippen molar-refractivity contribution >= 4 is 51.8 Å². The van der Waals surface area contributed by atoms with Gasteiger partial charge in [-0.05, 0) is 60.4 Å². The summed E-state index contributed by atoms with van der Waals surface area (Å²) in [6.07, 6.45) is 5.36. The number of thioether (sulfide) groups is 1. The molecule has 8 heteroatoms. The number of fused-ring (bicyclic) bond motifs is 1. The summed E-state index contributed by atoms with van der Waals surface area (Å²) < 4.78 is 1.88. The number of hydrogen-bond donors (Lipinski definition) is 1. The van der Waals surface area contributed by atoms with Gasteiger partial charge < -0.3 is 5.32 Å². The van der Waals surface area contributed by atoms with Crippen LogP contribution in [0.5, 0.6) is 0 Å². The second-order valence-electron chi connectivity index (χ2n) is 9.29. The Kier molecular flexibility index (Phi) is 8.18. The fraction of sp³-hybridized carbons (Fsp3) is 0.276. The summed E-state index contributed by atoms with van der Waals surface area (Å²) in [5.74, 6) is 0.400. The maximum Gasteiger partial charge on any atom is 0.262 e. The molecule has 190 valence electrons. The Balaban J connectivity index is 1.46. The number of aromatic nitrogens is 2. The molecular formula is C29H27Cl2N3O2S. The highest BCUT2D eigenvalue weighted by molar-refractivity contribution is 7.98. The van der Waals surface area contributed by atoms with Crippen LogP contribution in [-0.4, -0.2) is 15.5 Å². The summed E-state index contributed by atoms with van der Waals surface area (Å²) in [6.45, 7) is 0.313. The van der Waals surface area contributed by atoms with E-state index in [0.29, 0.717) is 44.0 Å². The summed E-state index contributed by atoms with van der Waals surface area (Å²) in [5.41, 5.74) is 2.83. The highest BCUT2D eigenvalue weighted by atomic mass is 35.5. The molecule has 37 heavy (non-hydrogen) atoms. The van der Waals surface area contributed by atoms with Gasteiger partial charge in [0.1, 0.15) is 0 Å². The molecule has 0 bridgehead atoms. The van der Waals surface area contributed by atoms with Gasteiger partial charge in [0.15, 0.2) is 5.16 Å². The molecule has 4 aromatic rings. The van der Waals surface area contributed by atoms with Gasteiger partial charge in [-0.2, -0.15) is 0 Å². The largest absolute Gasteiger partial charge is 0.348 e. The zero-order valence-electron chi connectivity index (χ0n) is 20.3. The molecule has 3 aromatic carbocycles. The summed E-state index contributed by atoms with van der Waals surface area (Å²) in [5, 5.41) is 5.41. The number of nitrogens with one attached hydrogen (secondary N) is 1. The van der Waals surface area contributed by atoms with Gasteiger partial charge in [0.25, 0.3) is 11.5 Å². The van der Waals surface area contributed by atoms with E-state index in [2.05, 4.69) is 5.32 Å². The van der Waals surface area contributed by atoms with Gasteiger partial charge in [-0.3, -0.25) is 14.2 Å². The Hall–Kier alpha value is -2.80.